The third-order valence-electron chi connectivity index (χ3n) is 10.5. The molecule has 3 aliphatic carbocycles. The molecule has 0 aromatic heterocycles. The molecular weight excluding hydrogens is 408 g/mol. The summed E-state index contributed by atoms with van der Waals surface area (Å²) in [5.41, 5.74) is 5.42. The lowest BCUT2D eigenvalue weighted by molar-refractivity contribution is 0.00397. The van der Waals surface area contributed by atoms with E-state index in [4.69, 9.17) is 12.6 Å². The average Bonchev–Trinajstić information content (AvgIpc) is 2.99. The Kier molecular flexibility index (Phi) is 7.79. The zero-order valence-corrected chi connectivity index (χ0v) is 23.2. The second kappa shape index (κ2) is 9.44. The maximum absolute atomic E-state index is 10.2. The van der Waals surface area contributed by atoms with Crippen molar-refractivity contribution in [1.29, 1.82) is 0 Å². The highest BCUT2D eigenvalue weighted by Crippen LogP contribution is 2.69. The zero-order valence-electron chi connectivity index (χ0n) is 22.3. The number of aliphatic hydroxyl groups excluding tert-OH is 1. The zero-order chi connectivity index (χ0) is 23.9. The van der Waals surface area contributed by atoms with Crippen molar-refractivity contribution < 1.29 is 5.11 Å². The van der Waals surface area contributed by atoms with Gasteiger partial charge in [0, 0.05) is 16.8 Å². The number of rotatable bonds is 9. The van der Waals surface area contributed by atoms with Crippen LogP contribution in [-0.4, -0.2) is 16.5 Å². The Morgan fingerprint density at radius 2 is 1.84 bits per heavy atom. The molecular formula is C30H52OS. The summed E-state index contributed by atoms with van der Waals surface area (Å²) in [4.78, 5) is 0. The molecule has 1 fully saturated rings. The molecule has 3 rings (SSSR count). The van der Waals surface area contributed by atoms with Gasteiger partial charge in [0.1, 0.15) is 0 Å². The van der Waals surface area contributed by atoms with Gasteiger partial charge >= 0.3 is 0 Å². The van der Waals surface area contributed by atoms with E-state index >= 15 is 0 Å². The van der Waals surface area contributed by atoms with Crippen molar-refractivity contribution in [2.75, 3.05) is 6.61 Å². The smallest absolute Gasteiger partial charge is 0.0485 e. The predicted octanol–water partition coefficient (Wildman–Crippen LogP) is 8.78. The maximum Gasteiger partial charge on any atom is 0.0485 e. The molecule has 2 heteroatoms. The largest absolute Gasteiger partial charge is 0.396 e. The fraction of sp³-hybridized carbons (Fsp3) is 0.867. The van der Waals surface area contributed by atoms with Crippen LogP contribution in [0.3, 0.4) is 0 Å². The molecule has 32 heavy (non-hydrogen) atoms. The molecule has 0 radical (unpaired) electrons. The van der Waals surface area contributed by atoms with Gasteiger partial charge in [-0.3, -0.25) is 0 Å². The fourth-order valence-corrected chi connectivity index (χ4v) is 9.01. The van der Waals surface area contributed by atoms with Crippen LogP contribution in [0.1, 0.15) is 119 Å². The first kappa shape index (κ1) is 26.4. The van der Waals surface area contributed by atoms with E-state index in [0.717, 1.165) is 5.92 Å². The van der Waals surface area contributed by atoms with Gasteiger partial charge in [-0.25, -0.2) is 0 Å². The summed E-state index contributed by atoms with van der Waals surface area (Å²) in [6.07, 6.45) is 13.8. The average molecular weight is 461 g/mol. The molecule has 184 valence electrons. The third-order valence-corrected chi connectivity index (χ3v) is 11.6. The van der Waals surface area contributed by atoms with Crippen molar-refractivity contribution >= 4 is 12.6 Å². The first-order valence-corrected chi connectivity index (χ1v) is 14.1. The van der Waals surface area contributed by atoms with E-state index in [1.54, 1.807) is 11.1 Å². The van der Waals surface area contributed by atoms with Crippen LogP contribution in [0.5, 0.6) is 0 Å². The van der Waals surface area contributed by atoms with Gasteiger partial charge in [0.05, 0.1) is 0 Å². The first-order valence-electron chi connectivity index (χ1n) is 13.6. The van der Waals surface area contributed by atoms with Gasteiger partial charge in [-0.1, -0.05) is 78.2 Å². The van der Waals surface area contributed by atoms with Crippen LogP contribution in [0.4, 0.5) is 0 Å². The van der Waals surface area contributed by atoms with Gasteiger partial charge in [-0.15, -0.1) is 0 Å². The van der Waals surface area contributed by atoms with Crippen molar-refractivity contribution in [3.05, 3.63) is 23.3 Å². The van der Waals surface area contributed by atoms with Crippen LogP contribution in [0.25, 0.3) is 0 Å². The standard InChI is InChI=1S/C30H52OS/c1-9-17-28(7)24-16-19-30(32)23(12-10-11-22(4)21(2)3)15-18-29(30,8)25(24)13-14-26(28)27(5,6)20-31/h21,23,26,31-32H,4,9-20H2,1-3,5-8H3/t23?,26?,28?,29-,30?/m0/s1. The van der Waals surface area contributed by atoms with Gasteiger partial charge in [0.25, 0.3) is 0 Å². The molecule has 0 spiro atoms. The third kappa shape index (κ3) is 4.19. The molecule has 0 aliphatic heterocycles. The van der Waals surface area contributed by atoms with Gasteiger partial charge in [-0.05, 0) is 92.8 Å². The number of aliphatic hydroxyl groups is 1. The van der Waals surface area contributed by atoms with Gasteiger partial charge in [0.15, 0.2) is 0 Å². The van der Waals surface area contributed by atoms with Gasteiger partial charge in [-0.2, -0.15) is 12.6 Å². The van der Waals surface area contributed by atoms with Crippen LogP contribution in [-0.2, 0) is 0 Å². The quantitative estimate of drug-likeness (QED) is 0.260. The van der Waals surface area contributed by atoms with E-state index in [9.17, 15) is 5.11 Å². The van der Waals surface area contributed by atoms with E-state index in [1.807, 2.05) is 0 Å². The lowest BCUT2D eigenvalue weighted by Gasteiger charge is -2.58. The maximum atomic E-state index is 10.2. The summed E-state index contributed by atoms with van der Waals surface area (Å²) in [6, 6.07) is 0. The van der Waals surface area contributed by atoms with Gasteiger partial charge < -0.3 is 5.11 Å². The Hall–Kier alpha value is -0.210. The van der Waals surface area contributed by atoms with Crippen molar-refractivity contribution in [3.8, 4) is 0 Å². The summed E-state index contributed by atoms with van der Waals surface area (Å²) in [5.74, 6) is 1.90. The summed E-state index contributed by atoms with van der Waals surface area (Å²) in [5, 5.41) is 10.2. The molecule has 0 aromatic rings. The van der Waals surface area contributed by atoms with E-state index in [0.29, 0.717) is 11.8 Å². The first-order chi connectivity index (χ1) is 14.9. The topological polar surface area (TPSA) is 20.2 Å². The normalized spacial score (nSPS) is 37.6. The number of fused-ring (bicyclic) bond motifs is 2. The second-order valence-corrected chi connectivity index (χ2v) is 13.9. The summed E-state index contributed by atoms with van der Waals surface area (Å²) in [7, 11) is 0. The minimum Gasteiger partial charge on any atom is -0.396 e. The Morgan fingerprint density at radius 3 is 2.44 bits per heavy atom. The summed E-state index contributed by atoms with van der Waals surface area (Å²) in [6.45, 7) is 21.2. The number of allylic oxidation sites excluding steroid dienone is 3. The lowest BCUT2D eigenvalue weighted by atomic mass is 9.48. The Labute approximate surface area is 205 Å². The molecule has 0 saturated heterocycles. The van der Waals surface area contributed by atoms with E-state index < -0.39 is 0 Å². The summed E-state index contributed by atoms with van der Waals surface area (Å²) < 4.78 is 0.150. The molecule has 0 heterocycles. The second-order valence-electron chi connectivity index (χ2n) is 13.1. The molecule has 4 unspecified atom stereocenters. The molecule has 0 amide bonds. The Morgan fingerprint density at radius 1 is 1.16 bits per heavy atom. The fourth-order valence-electron chi connectivity index (χ4n) is 8.39. The highest BCUT2D eigenvalue weighted by molar-refractivity contribution is 7.82. The van der Waals surface area contributed by atoms with Crippen LogP contribution in [0, 0.1) is 34.0 Å². The molecule has 1 nitrogen and oxygen atoms in total. The van der Waals surface area contributed by atoms with Crippen LogP contribution in [0.15, 0.2) is 23.3 Å². The lowest BCUT2D eigenvalue weighted by Crippen LogP contribution is -2.52. The number of hydrogen-bond donors (Lipinski definition) is 2. The molecule has 3 aliphatic rings. The van der Waals surface area contributed by atoms with Crippen molar-refractivity contribution in [2.24, 2.45) is 34.0 Å². The minimum absolute atomic E-state index is 0.0180. The van der Waals surface area contributed by atoms with E-state index in [1.165, 1.54) is 76.2 Å². The van der Waals surface area contributed by atoms with Crippen molar-refractivity contribution in [1.82, 2.24) is 0 Å². The van der Waals surface area contributed by atoms with Crippen LogP contribution in [0.2, 0.25) is 0 Å². The Balaban J connectivity index is 1.90. The predicted molar refractivity (Wildman–Crippen MR) is 143 cm³/mol. The van der Waals surface area contributed by atoms with Crippen LogP contribution >= 0.6 is 12.6 Å². The van der Waals surface area contributed by atoms with E-state index in [-0.39, 0.29) is 27.6 Å². The van der Waals surface area contributed by atoms with Crippen molar-refractivity contribution in [2.45, 2.75) is 124 Å². The summed E-state index contributed by atoms with van der Waals surface area (Å²) >= 11 is 5.58. The highest BCUT2D eigenvalue weighted by atomic mass is 32.1. The number of hydrogen-bond acceptors (Lipinski definition) is 2. The van der Waals surface area contributed by atoms with Crippen molar-refractivity contribution in [3.63, 3.8) is 0 Å². The van der Waals surface area contributed by atoms with E-state index in [2.05, 4.69) is 55.0 Å². The molecule has 5 atom stereocenters. The van der Waals surface area contributed by atoms with Gasteiger partial charge in [0.2, 0.25) is 0 Å². The Bertz CT molecular complexity index is 733. The monoisotopic (exact) mass is 460 g/mol. The number of thiol groups is 1. The molecule has 0 aromatic carbocycles. The van der Waals surface area contributed by atoms with Crippen LogP contribution < -0.4 is 0 Å². The molecule has 1 N–H and O–H groups in total. The molecule has 1 saturated carbocycles. The SMILES string of the molecule is C=C(CCCC1CC[C@@]2(C)C3=C(CCC12S)C(C)(CCC)C(C(C)(C)CO)CC3)C(C)C. The highest BCUT2D eigenvalue weighted by Gasteiger charge is 2.61. The molecule has 0 bridgehead atoms. The minimum atomic E-state index is -0.0180.